The molecule has 2 aromatic carbocycles. The Hall–Kier alpha value is -4.19. The number of nitriles is 1. The number of ether oxygens (including phenoxy) is 3. The molecule has 0 saturated heterocycles. The number of hydrogen-bond acceptors (Lipinski definition) is 6. The molecule has 4 aromatic rings. The average molecular weight is 486 g/mol. The molecule has 3 heterocycles. The van der Waals surface area contributed by atoms with Crippen LogP contribution in [0.15, 0.2) is 60.3 Å². The number of pyridine rings is 1. The Morgan fingerprint density at radius 1 is 1.22 bits per heavy atom. The van der Waals surface area contributed by atoms with Crippen molar-refractivity contribution >= 4 is 11.2 Å². The Labute approximate surface area is 207 Å². The van der Waals surface area contributed by atoms with Crippen LogP contribution in [-0.4, -0.2) is 28.7 Å². The van der Waals surface area contributed by atoms with Crippen molar-refractivity contribution < 1.29 is 23.7 Å². The molecule has 5 rings (SSSR count). The van der Waals surface area contributed by atoms with E-state index in [9.17, 15) is 14.8 Å². The molecule has 1 atom stereocenters. The lowest BCUT2D eigenvalue weighted by molar-refractivity contribution is 0.172. The largest absolute Gasteiger partial charge is 0.493 e. The van der Waals surface area contributed by atoms with Crippen molar-refractivity contribution in [2.24, 2.45) is 0 Å². The Morgan fingerprint density at radius 2 is 2.03 bits per heavy atom. The topological polar surface area (TPSA) is 89.0 Å². The monoisotopic (exact) mass is 485 g/mol. The van der Waals surface area contributed by atoms with Crippen LogP contribution in [0.2, 0.25) is 0 Å². The Morgan fingerprint density at radius 3 is 2.78 bits per heavy atom. The SMILES string of the molecule is COCc1nc2c(OC)cccn2c1C(O)c1ccc2c(c1)COc1cc(F)ccc1C2=C(C)C#N. The van der Waals surface area contributed by atoms with Gasteiger partial charge in [0.25, 0.3) is 0 Å². The Kier molecular flexibility index (Phi) is 6.18. The van der Waals surface area contributed by atoms with Crippen LogP contribution in [0.5, 0.6) is 11.5 Å². The van der Waals surface area contributed by atoms with Gasteiger partial charge in [-0.3, -0.25) is 4.40 Å². The third kappa shape index (κ3) is 3.88. The molecule has 36 heavy (non-hydrogen) atoms. The van der Waals surface area contributed by atoms with Crippen molar-refractivity contribution in [1.29, 1.82) is 5.26 Å². The Balaban J connectivity index is 1.65. The molecule has 1 N–H and O–H groups in total. The molecular weight excluding hydrogens is 461 g/mol. The van der Waals surface area contributed by atoms with Gasteiger partial charge < -0.3 is 19.3 Å². The number of allylic oxidation sites excluding steroid dienone is 1. The third-order valence-electron chi connectivity index (χ3n) is 6.34. The van der Waals surface area contributed by atoms with Gasteiger partial charge in [-0.1, -0.05) is 12.1 Å². The molecule has 1 aliphatic rings. The number of aromatic nitrogens is 2. The van der Waals surface area contributed by atoms with Gasteiger partial charge in [-0.2, -0.15) is 5.26 Å². The first-order chi connectivity index (χ1) is 17.5. The van der Waals surface area contributed by atoms with Crippen molar-refractivity contribution in [3.8, 4) is 17.6 Å². The third-order valence-corrected chi connectivity index (χ3v) is 6.34. The lowest BCUT2D eigenvalue weighted by atomic mass is 9.89. The van der Waals surface area contributed by atoms with Crippen LogP contribution in [0.1, 0.15) is 46.7 Å². The maximum Gasteiger partial charge on any atom is 0.180 e. The van der Waals surface area contributed by atoms with Gasteiger partial charge in [0.1, 0.15) is 24.3 Å². The summed E-state index contributed by atoms with van der Waals surface area (Å²) < 4.78 is 32.5. The van der Waals surface area contributed by atoms with E-state index in [1.54, 1.807) is 37.7 Å². The average Bonchev–Trinajstić information content (AvgIpc) is 3.18. The predicted molar refractivity (Wildman–Crippen MR) is 131 cm³/mol. The van der Waals surface area contributed by atoms with Gasteiger partial charge in [0.2, 0.25) is 0 Å². The van der Waals surface area contributed by atoms with Gasteiger partial charge in [-0.25, -0.2) is 9.37 Å². The van der Waals surface area contributed by atoms with Gasteiger partial charge >= 0.3 is 0 Å². The number of methoxy groups -OCH3 is 2. The molecule has 0 amide bonds. The highest BCUT2D eigenvalue weighted by atomic mass is 19.1. The molecule has 8 heteroatoms. The summed E-state index contributed by atoms with van der Waals surface area (Å²) in [4.78, 5) is 4.65. The second-order valence-corrected chi connectivity index (χ2v) is 8.51. The van der Waals surface area contributed by atoms with Crippen LogP contribution in [0, 0.1) is 17.1 Å². The van der Waals surface area contributed by atoms with E-state index < -0.39 is 11.9 Å². The van der Waals surface area contributed by atoms with Crippen LogP contribution in [0.3, 0.4) is 0 Å². The second-order valence-electron chi connectivity index (χ2n) is 8.51. The van der Waals surface area contributed by atoms with Crippen LogP contribution < -0.4 is 9.47 Å². The minimum absolute atomic E-state index is 0.153. The maximum atomic E-state index is 14.0. The zero-order chi connectivity index (χ0) is 25.4. The van der Waals surface area contributed by atoms with Crippen LogP contribution in [0.25, 0.3) is 11.2 Å². The van der Waals surface area contributed by atoms with Crippen molar-refractivity contribution in [3.63, 3.8) is 0 Å². The Bertz CT molecular complexity index is 1550. The number of hydrogen-bond donors (Lipinski definition) is 1. The first-order valence-electron chi connectivity index (χ1n) is 11.3. The molecule has 0 saturated carbocycles. The molecule has 0 spiro atoms. The number of aliphatic hydroxyl groups is 1. The second kappa shape index (κ2) is 9.46. The predicted octanol–water partition coefficient (Wildman–Crippen LogP) is 4.95. The van der Waals surface area contributed by atoms with E-state index in [1.807, 2.05) is 30.5 Å². The summed E-state index contributed by atoms with van der Waals surface area (Å²) >= 11 is 0. The summed E-state index contributed by atoms with van der Waals surface area (Å²) in [5.41, 5.74) is 5.73. The number of rotatable bonds is 5. The number of imidazole rings is 1. The molecule has 0 bridgehead atoms. The standard InChI is InChI=1S/C28H24FN3O4/c1-16(13-30)25-20-8-6-17(11-18(20)14-36-24-12-19(29)7-9-21(24)25)27(33)26-22(15-34-2)31-28-23(35-3)5-4-10-32(26)28/h4-12,27,33H,14-15H2,1-3H3. The van der Waals surface area contributed by atoms with Crippen molar-refractivity contribution in [2.75, 3.05) is 14.2 Å². The lowest BCUT2D eigenvalue weighted by Gasteiger charge is -2.17. The summed E-state index contributed by atoms with van der Waals surface area (Å²) in [6, 6.07) is 15.7. The summed E-state index contributed by atoms with van der Waals surface area (Å²) in [6.45, 7) is 2.09. The van der Waals surface area contributed by atoms with Crippen molar-refractivity contribution in [2.45, 2.75) is 26.2 Å². The first-order valence-corrected chi connectivity index (χ1v) is 11.3. The number of nitrogens with zero attached hydrogens (tertiary/aromatic N) is 3. The molecule has 0 fully saturated rings. The van der Waals surface area contributed by atoms with E-state index in [0.29, 0.717) is 50.8 Å². The molecular formula is C28H24FN3O4. The van der Waals surface area contributed by atoms with Crippen LogP contribution >= 0.6 is 0 Å². The number of halogens is 1. The van der Waals surface area contributed by atoms with Gasteiger partial charge in [-0.15, -0.1) is 0 Å². The molecule has 0 radical (unpaired) electrons. The quantitative estimate of drug-likeness (QED) is 0.403. The molecule has 7 nitrogen and oxygen atoms in total. The minimum atomic E-state index is -1.03. The van der Waals surface area contributed by atoms with E-state index in [2.05, 4.69) is 11.1 Å². The fourth-order valence-corrected chi connectivity index (χ4v) is 4.69. The van der Waals surface area contributed by atoms with Gasteiger partial charge in [-0.05, 0) is 53.9 Å². The highest BCUT2D eigenvalue weighted by molar-refractivity contribution is 5.88. The normalized spacial score (nSPS) is 14.8. The van der Waals surface area contributed by atoms with E-state index in [-0.39, 0.29) is 13.2 Å². The first kappa shape index (κ1) is 23.5. The summed E-state index contributed by atoms with van der Waals surface area (Å²) in [5.74, 6) is 0.531. The zero-order valence-electron chi connectivity index (χ0n) is 20.1. The summed E-state index contributed by atoms with van der Waals surface area (Å²) in [6.07, 6.45) is 0.785. The number of fused-ring (bicyclic) bond motifs is 3. The molecule has 2 aromatic heterocycles. The van der Waals surface area contributed by atoms with Crippen LogP contribution in [-0.2, 0) is 18.0 Å². The molecule has 1 unspecified atom stereocenters. The van der Waals surface area contributed by atoms with E-state index >= 15 is 0 Å². The minimum Gasteiger partial charge on any atom is -0.493 e. The van der Waals surface area contributed by atoms with Crippen molar-refractivity contribution in [3.05, 3.63) is 99.8 Å². The number of aliphatic hydroxyl groups excluding tert-OH is 1. The van der Waals surface area contributed by atoms with Crippen LogP contribution in [0.4, 0.5) is 4.39 Å². The van der Waals surface area contributed by atoms with Gasteiger partial charge in [0.15, 0.2) is 11.4 Å². The summed E-state index contributed by atoms with van der Waals surface area (Å²) in [5, 5.41) is 21.2. The van der Waals surface area contributed by atoms with E-state index in [1.165, 1.54) is 12.1 Å². The lowest BCUT2D eigenvalue weighted by Crippen LogP contribution is -2.09. The van der Waals surface area contributed by atoms with Gasteiger partial charge in [0.05, 0.1) is 31.2 Å². The molecule has 1 aliphatic heterocycles. The fourth-order valence-electron chi connectivity index (χ4n) is 4.69. The van der Waals surface area contributed by atoms with Gasteiger partial charge in [0, 0.05) is 36.1 Å². The maximum absolute atomic E-state index is 14.0. The highest BCUT2D eigenvalue weighted by Gasteiger charge is 2.26. The molecule has 0 aliphatic carbocycles. The zero-order valence-corrected chi connectivity index (χ0v) is 20.1. The van der Waals surface area contributed by atoms with E-state index in [4.69, 9.17) is 14.2 Å². The highest BCUT2D eigenvalue weighted by Crippen LogP contribution is 2.40. The molecule has 182 valence electrons. The number of benzene rings is 2. The fraction of sp³-hybridized carbons (Fsp3) is 0.214. The van der Waals surface area contributed by atoms with Crippen molar-refractivity contribution in [1.82, 2.24) is 9.38 Å². The summed E-state index contributed by atoms with van der Waals surface area (Å²) in [7, 11) is 3.14. The smallest absolute Gasteiger partial charge is 0.180 e. The van der Waals surface area contributed by atoms with E-state index in [0.717, 1.165) is 11.1 Å².